The van der Waals surface area contributed by atoms with Gasteiger partial charge in [0.1, 0.15) is 5.82 Å². The first-order chi connectivity index (χ1) is 8.04. The molecule has 3 nitrogen and oxygen atoms in total. The molecule has 1 aromatic rings. The van der Waals surface area contributed by atoms with Gasteiger partial charge in [0.2, 0.25) is 0 Å². The van der Waals surface area contributed by atoms with E-state index < -0.39 is 0 Å². The number of methoxy groups -OCH3 is 1. The molecule has 0 radical (unpaired) electrons. The lowest BCUT2D eigenvalue weighted by molar-refractivity contribution is -0.140. The van der Waals surface area contributed by atoms with Crippen molar-refractivity contribution in [2.75, 3.05) is 7.11 Å². The van der Waals surface area contributed by atoms with Gasteiger partial charge in [0.25, 0.3) is 0 Å². The van der Waals surface area contributed by atoms with E-state index in [-0.39, 0.29) is 30.4 Å². The number of ketones is 1. The quantitative estimate of drug-likeness (QED) is 0.585. The van der Waals surface area contributed by atoms with Crippen molar-refractivity contribution in [2.45, 2.75) is 26.2 Å². The Hall–Kier alpha value is -1.71. The van der Waals surface area contributed by atoms with Crippen LogP contribution in [-0.4, -0.2) is 18.9 Å². The molecule has 0 atom stereocenters. The molecular weight excluding hydrogens is 223 g/mol. The first-order valence-corrected chi connectivity index (χ1v) is 5.40. The number of hydrogen-bond donors (Lipinski definition) is 0. The number of ether oxygens (including phenoxy) is 1. The summed E-state index contributed by atoms with van der Waals surface area (Å²) in [5.74, 6) is -0.885. The van der Waals surface area contributed by atoms with Gasteiger partial charge in [0.05, 0.1) is 7.11 Å². The highest BCUT2D eigenvalue weighted by atomic mass is 19.1. The van der Waals surface area contributed by atoms with Crippen LogP contribution in [0.5, 0.6) is 0 Å². The molecule has 92 valence electrons. The summed E-state index contributed by atoms with van der Waals surface area (Å²) in [5.41, 5.74) is 0.856. The zero-order valence-electron chi connectivity index (χ0n) is 9.96. The molecular formula is C13H15FO3. The minimum absolute atomic E-state index is 0.159. The van der Waals surface area contributed by atoms with Gasteiger partial charge in [0, 0.05) is 18.4 Å². The standard InChI is InChI=1S/C13H15FO3/c1-9-6-7-10(8-11(9)14)12(15)4-3-5-13(16)17-2/h6-8H,3-5H2,1-2H3. The lowest BCUT2D eigenvalue weighted by Crippen LogP contribution is -2.04. The van der Waals surface area contributed by atoms with E-state index in [1.165, 1.54) is 13.2 Å². The van der Waals surface area contributed by atoms with Crippen LogP contribution < -0.4 is 0 Å². The lowest BCUT2D eigenvalue weighted by Gasteiger charge is -2.02. The van der Waals surface area contributed by atoms with Gasteiger partial charge in [-0.3, -0.25) is 9.59 Å². The number of carbonyl (C=O) groups is 2. The molecule has 0 saturated heterocycles. The van der Waals surface area contributed by atoms with Crippen LogP contribution in [-0.2, 0) is 9.53 Å². The zero-order chi connectivity index (χ0) is 12.8. The highest BCUT2D eigenvalue weighted by Crippen LogP contribution is 2.12. The van der Waals surface area contributed by atoms with Crippen molar-refractivity contribution in [1.29, 1.82) is 0 Å². The van der Waals surface area contributed by atoms with E-state index in [1.54, 1.807) is 19.1 Å². The van der Waals surface area contributed by atoms with Crippen LogP contribution >= 0.6 is 0 Å². The summed E-state index contributed by atoms with van der Waals surface area (Å²) in [4.78, 5) is 22.5. The second-order valence-corrected chi connectivity index (χ2v) is 3.82. The van der Waals surface area contributed by atoms with Crippen molar-refractivity contribution in [3.63, 3.8) is 0 Å². The smallest absolute Gasteiger partial charge is 0.305 e. The number of aryl methyl sites for hydroxylation is 1. The van der Waals surface area contributed by atoms with E-state index in [9.17, 15) is 14.0 Å². The van der Waals surface area contributed by atoms with Crippen molar-refractivity contribution in [3.8, 4) is 0 Å². The van der Waals surface area contributed by atoms with Crippen LogP contribution in [0.3, 0.4) is 0 Å². The highest BCUT2D eigenvalue weighted by Gasteiger charge is 2.09. The van der Waals surface area contributed by atoms with E-state index in [0.29, 0.717) is 17.5 Å². The molecule has 0 saturated carbocycles. The van der Waals surface area contributed by atoms with Crippen LogP contribution in [0.25, 0.3) is 0 Å². The molecule has 1 aromatic carbocycles. The Morgan fingerprint density at radius 2 is 2.00 bits per heavy atom. The first-order valence-electron chi connectivity index (χ1n) is 5.40. The summed E-state index contributed by atoms with van der Waals surface area (Å²) in [5, 5.41) is 0. The SMILES string of the molecule is COC(=O)CCCC(=O)c1ccc(C)c(F)c1. The average Bonchev–Trinajstić information content (AvgIpc) is 2.32. The van der Waals surface area contributed by atoms with Crippen molar-refractivity contribution >= 4 is 11.8 Å². The maximum Gasteiger partial charge on any atom is 0.305 e. The minimum atomic E-state index is -0.385. The van der Waals surface area contributed by atoms with Crippen LogP contribution in [0, 0.1) is 12.7 Å². The molecule has 0 bridgehead atoms. The normalized spacial score (nSPS) is 10.1. The molecule has 1 rings (SSSR count). The molecule has 0 aromatic heterocycles. The van der Waals surface area contributed by atoms with Gasteiger partial charge in [-0.05, 0) is 25.0 Å². The van der Waals surface area contributed by atoms with E-state index in [1.807, 2.05) is 0 Å². The van der Waals surface area contributed by atoms with E-state index in [0.717, 1.165) is 0 Å². The van der Waals surface area contributed by atoms with Gasteiger partial charge in [-0.1, -0.05) is 12.1 Å². The first kappa shape index (κ1) is 13.4. The second-order valence-electron chi connectivity index (χ2n) is 3.82. The number of esters is 1. The fourth-order valence-corrected chi connectivity index (χ4v) is 1.41. The number of hydrogen-bond acceptors (Lipinski definition) is 3. The summed E-state index contributed by atoms with van der Waals surface area (Å²) in [7, 11) is 1.31. The largest absolute Gasteiger partial charge is 0.469 e. The molecule has 0 aliphatic carbocycles. The van der Waals surface area contributed by atoms with E-state index in [4.69, 9.17) is 0 Å². The lowest BCUT2D eigenvalue weighted by atomic mass is 10.0. The number of halogens is 1. The molecule has 0 fully saturated rings. The van der Waals surface area contributed by atoms with Crippen molar-refractivity contribution in [1.82, 2.24) is 0 Å². The molecule has 0 unspecified atom stereocenters. The van der Waals surface area contributed by atoms with Crippen LogP contribution in [0.1, 0.15) is 35.2 Å². The van der Waals surface area contributed by atoms with E-state index in [2.05, 4.69) is 4.74 Å². The molecule has 0 N–H and O–H groups in total. The van der Waals surface area contributed by atoms with Gasteiger partial charge in [0.15, 0.2) is 5.78 Å². The average molecular weight is 238 g/mol. The molecule has 4 heteroatoms. The second kappa shape index (κ2) is 6.13. The van der Waals surface area contributed by atoms with Crippen molar-refractivity contribution in [3.05, 3.63) is 35.1 Å². The number of carbonyl (C=O) groups excluding carboxylic acids is 2. The molecule has 0 heterocycles. The number of Topliss-reactive ketones (excluding diaryl/α,β-unsaturated/α-hetero) is 1. The Morgan fingerprint density at radius 3 is 2.59 bits per heavy atom. The van der Waals surface area contributed by atoms with Crippen LogP contribution in [0.15, 0.2) is 18.2 Å². The maximum atomic E-state index is 13.2. The van der Waals surface area contributed by atoms with Crippen molar-refractivity contribution in [2.24, 2.45) is 0 Å². The molecule has 0 amide bonds. The Bertz CT molecular complexity index is 427. The fourth-order valence-electron chi connectivity index (χ4n) is 1.41. The van der Waals surface area contributed by atoms with Gasteiger partial charge >= 0.3 is 5.97 Å². The predicted molar refractivity (Wildman–Crippen MR) is 61.3 cm³/mol. The molecule has 0 aliphatic rings. The Labute approximate surface area is 99.6 Å². The monoisotopic (exact) mass is 238 g/mol. The topological polar surface area (TPSA) is 43.4 Å². The van der Waals surface area contributed by atoms with Gasteiger partial charge in [-0.2, -0.15) is 0 Å². The van der Waals surface area contributed by atoms with Gasteiger partial charge < -0.3 is 4.74 Å². The molecule has 0 spiro atoms. The van der Waals surface area contributed by atoms with Crippen molar-refractivity contribution < 1.29 is 18.7 Å². The third kappa shape index (κ3) is 3.98. The third-order valence-electron chi connectivity index (χ3n) is 2.51. The third-order valence-corrected chi connectivity index (χ3v) is 2.51. The predicted octanol–water partition coefficient (Wildman–Crippen LogP) is 2.66. The Balaban J connectivity index is 2.52. The highest BCUT2D eigenvalue weighted by molar-refractivity contribution is 5.96. The zero-order valence-corrected chi connectivity index (χ0v) is 9.96. The van der Waals surface area contributed by atoms with Gasteiger partial charge in [-0.25, -0.2) is 4.39 Å². The van der Waals surface area contributed by atoms with Crippen LogP contribution in [0.2, 0.25) is 0 Å². The van der Waals surface area contributed by atoms with E-state index >= 15 is 0 Å². The Kier molecular flexibility index (Phi) is 4.82. The summed E-state index contributed by atoms with van der Waals surface area (Å²) in [6.45, 7) is 1.64. The summed E-state index contributed by atoms with van der Waals surface area (Å²) < 4.78 is 17.7. The number of rotatable bonds is 5. The minimum Gasteiger partial charge on any atom is -0.469 e. The summed E-state index contributed by atoms with van der Waals surface area (Å²) >= 11 is 0. The maximum absolute atomic E-state index is 13.2. The fraction of sp³-hybridized carbons (Fsp3) is 0.385. The number of benzene rings is 1. The van der Waals surface area contributed by atoms with Gasteiger partial charge in [-0.15, -0.1) is 0 Å². The molecule has 0 aliphatic heterocycles. The summed E-state index contributed by atoms with van der Waals surface area (Å²) in [6.07, 6.45) is 0.842. The summed E-state index contributed by atoms with van der Waals surface area (Å²) in [6, 6.07) is 4.40. The Morgan fingerprint density at radius 1 is 1.29 bits per heavy atom. The molecule has 17 heavy (non-hydrogen) atoms. The van der Waals surface area contributed by atoms with Crippen LogP contribution in [0.4, 0.5) is 4.39 Å².